The minimum atomic E-state index is -0.254. The zero-order valence-corrected chi connectivity index (χ0v) is 11.7. The van der Waals surface area contributed by atoms with E-state index < -0.39 is 0 Å². The first-order chi connectivity index (χ1) is 8.76. The number of carbonyl (C=O) groups is 1. The van der Waals surface area contributed by atoms with Gasteiger partial charge in [0.1, 0.15) is 0 Å². The van der Waals surface area contributed by atoms with Crippen LogP contribution in [-0.2, 0) is 9.53 Å². The Balaban J connectivity index is 2.03. The van der Waals surface area contributed by atoms with E-state index in [4.69, 9.17) is 4.74 Å². The lowest BCUT2D eigenvalue weighted by Gasteiger charge is -2.31. The summed E-state index contributed by atoms with van der Waals surface area (Å²) in [5.74, 6) is 0.527. The van der Waals surface area contributed by atoms with Gasteiger partial charge in [-0.05, 0) is 51.9 Å². The zero-order chi connectivity index (χ0) is 13.2. The first-order valence-electron chi connectivity index (χ1n) is 7.02. The van der Waals surface area contributed by atoms with Gasteiger partial charge in [-0.1, -0.05) is 13.0 Å². The molecule has 0 aromatic heterocycles. The normalized spacial score (nSPS) is 18.3. The van der Waals surface area contributed by atoms with Crippen molar-refractivity contribution in [2.24, 2.45) is 5.92 Å². The summed E-state index contributed by atoms with van der Waals surface area (Å²) in [5, 5.41) is 3.37. The van der Waals surface area contributed by atoms with Crippen LogP contribution >= 0.6 is 0 Å². The van der Waals surface area contributed by atoms with Crippen molar-refractivity contribution in [3.05, 3.63) is 12.2 Å². The highest BCUT2D eigenvalue weighted by Crippen LogP contribution is 2.15. The Hall–Kier alpha value is -0.870. The van der Waals surface area contributed by atoms with Crippen LogP contribution in [0.5, 0.6) is 0 Å². The Morgan fingerprint density at radius 1 is 1.39 bits per heavy atom. The zero-order valence-electron chi connectivity index (χ0n) is 11.7. The van der Waals surface area contributed by atoms with Crippen LogP contribution in [-0.4, -0.2) is 50.2 Å². The third-order valence-corrected chi connectivity index (χ3v) is 3.39. The molecule has 0 aromatic rings. The first kappa shape index (κ1) is 15.2. The maximum absolute atomic E-state index is 11.0. The van der Waals surface area contributed by atoms with E-state index in [2.05, 4.69) is 17.1 Å². The van der Waals surface area contributed by atoms with E-state index >= 15 is 0 Å². The number of nitrogens with one attached hydrogen (secondary N) is 1. The van der Waals surface area contributed by atoms with Gasteiger partial charge < -0.3 is 15.0 Å². The van der Waals surface area contributed by atoms with Gasteiger partial charge in [-0.2, -0.15) is 0 Å². The molecule has 104 valence electrons. The number of carbonyl (C=O) groups excluding carboxylic acids is 1. The number of ether oxygens (including phenoxy) is 1. The molecule has 1 aliphatic rings. The smallest absolute Gasteiger partial charge is 0.330 e. The van der Waals surface area contributed by atoms with E-state index in [9.17, 15) is 4.79 Å². The van der Waals surface area contributed by atoms with E-state index in [1.165, 1.54) is 38.6 Å². The van der Waals surface area contributed by atoms with Crippen LogP contribution in [0.3, 0.4) is 0 Å². The molecule has 0 bridgehead atoms. The highest BCUT2D eigenvalue weighted by Gasteiger charge is 2.16. The number of hydrogen-bond acceptors (Lipinski definition) is 4. The van der Waals surface area contributed by atoms with Gasteiger partial charge in [0.15, 0.2) is 0 Å². The Morgan fingerprint density at radius 2 is 2.11 bits per heavy atom. The standard InChI is InChI=1S/C14H26N2O2/c1-3-16-10-7-13(8-11-16)12-15-9-5-6-14(17)18-4-2/h5-6,13,15H,3-4,7-12H2,1-2H3/b6-5+. The summed E-state index contributed by atoms with van der Waals surface area (Å²) in [6.45, 7) is 9.88. The highest BCUT2D eigenvalue weighted by atomic mass is 16.5. The minimum Gasteiger partial charge on any atom is -0.463 e. The van der Waals surface area contributed by atoms with Crippen molar-refractivity contribution >= 4 is 5.97 Å². The summed E-state index contributed by atoms with van der Waals surface area (Å²) < 4.78 is 4.80. The Labute approximate surface area is 110 Å². The molecule has 4 nitrogen and oxygen atoms in total. The van der Waals surface area contributed by atoms with Gasteiger partial charge >= 0.3 is 5.97 Å². The Kier molecular flexibility index (Phi) is 7.69. The number of likely N-dealkylation sites (tertiary alicyclic amines) is 1. The highest BCUT2D eigenvalue weighted by molar-refractivity contribution is 5.81. The topological polar surface area (TPSA) is 41.6 Å². The minimum absolute atomic E-state index is 0.254. The second-order valence-electron chi connectivity index (χ2n) is 4.69. The monoisotopic (exact) mass is 254 g/mol. The summed E-state index contributed by atoms with van der Waals surface area (Å²) in [5.41, 5.74) is 0. The van der Waals surface area contributed by atoms with Crippen LogP contribution in [0.2, 0.25) is 0 Å². The van der Waals surface area contributed by atoms with Crippen molar-refractivity contribution in [3.63, 3.8) is 0 Å². The molecule has 1 N–H and O–H groups in total. The third-order valence-electron chi connectivity index (χ3n) is 3.39. The van der Waals surface area contributed by atoms with Crippen molar-refractivity contribution in [1.82, 2.24) is 10.2 Å². The van der Waals surface area contributed by atoms with Gasteiger partial charge in [0.2, 0.25) is 0 Å². The molecule has 0 amide bonds. The lowest BCUT2D eigenvalue weighted by atomic mass is 9.97. The maximum atomic E-state index is 11.0. The van der Waals surface area contributed by atoms with Crippen LogP contribution in [0.1, 0.15) is 26.7 Å². The molecule has 1 fully saturated rings. The molecule has 0 aliphatic carbocycles. The summed E-state index contributed by atoms with van der Waals surface area (Å²) in [4.78, 5) is 13.5. The van der Waals surface area contributed by atoms with Crippen LogP contribution in [0, 0.1) is 5.92 Å². The molecule has 1 saturated heterocycles. The Bertz CT molecular complexity index is 259. The third kappa shape index (κ3) is 6.17. The van der Waals surface area contributed by atoms with Gasteiger partial charge in [0.05, 0.1) is 6.61 Å². The largest absolute Gasteiger partial charge is 0.463 e. The fraction of sp³-hybridized carbons (Fsp3) is 0.786. The van der Waals surface area contributed by atoms with Gasteiger partial charge in [-0.15, -0.1) is 0 Å². The molecular formula is C14H26N2O2. The SMILES string of the molecule is CCOC(=O)/C=C/CNCC1CCN(CC)CC1. The average Bonchev–Trinajstić information content (AvgIpc) is 2.39. The molecule has 4 heteroatoms. The number of esters is 1. The molecule has 0 spiro atoms. The number of rotatable bonds is 7. The molecule has 0 atom stereocenters. The average molecular weight is 254 g/mol. The van der Waals surface area contributed by atoms with Crippen molar-refractivity contribution in [3.8, 4) is 0 Å². The summed E-state index contributed by atoms with van der Waals surface area (Å²) >= 11 is 0. The van der Waals surface area contributed by atoms with Crippen LogP contribution < -0.4 is 5.32 Å². The number of nitrogens with zero attached hydrogens (tertiary/aromatic N) is 1. The summed E-state index contributed by atoms with van der Waals surface area (Å²) in [6.07, 6.45) is 5.89. The predicted octanol–water partition coefficient (Wildman–Crippen LogP) is 1.43. The van der Waals surface area contributed by atoms with Crippen molar-refractivity contribution in [2.75, 3.05) is 39.3 Å². The van der Waals surface area contributed by atoms with E-state index in [0.29, 0.717) is 6.61 Å². The molecule has 0 aromatic carbocycles. The summed E-state index contributed by atoms with van der Waals surface area (Å²) in [6, 6.07) is 0. The second-order valence-corrected chi connectivity index (χ2v) is 4.69. The van der Waals surface area contributed by atoms with E-state index in [1.807, 2.05) is 13.0 Å². The maximum Gasteiger partial charge on any atom is 0.330 e. The molecule has 1 aliphatic heterocycles. The van der Waals surface area contributed by atoms with Crippen LogP contribution in [0.25, 0.3) is 0 Å². The quantitative estimate of drug-likeness (QED) is 0.424. The molecule has 0 unspecified atom stereocenters. The Morgan fingerprint density at radius 3 is 2.72 bits per heavy atom. The first-order valence-corrected chi connectivity index (χ1v) is 7.02. The molecular weight excluding hydrogens is 228 g/mol. The fourth-order valence-corrected chi connectivity index (χ4v) is 2.22. The predicted molar refractivity (Wildman–Crippen MR) is 73.5 cm³/mol. The van der Waals surface area contributed by atoms with E-state index in [-0.39, 0.29) is 5.97 Å². The number of hydrogen-bond donors (Lipinski definition) is 1. The van der Waals surface area contributed by atoms with Crippen molar-refractivity contribution < 1.29 is 9.53 Å². The van der Waals surface area contributed by atoms with Gasteiger partial charge in [-0.25, -0.2) is 4.79 Å². The molecule has 0 radical (unpaired) electrons. The van der Waals surface area contributed by atoms with E-state index in [1.54, 1.807) is 0 Å². The molecule has 0 saturated carbocycles. The summed E-state index contributed by atoms with van der Waals surface area (Å²) in [7, 11) is 0. The van der Waals surface area contributed by atoms with Crippen LogP contribution in [0.15, 0.2) is 12.2 Å². The van der Waals surface area contributed by atoms with Crippen molar-refractivity contribution in [2.45, 2.75) is 26.7 Å². The fourth-order valence-electron chi connectivity index (χ4n) is 2.22. The second kappa shape index (κ2) is 9.11. The van der Waals surface area contributed by atoms with Gasteiger partial charge in [-0.3, -0.25) is 0 Å². The molecule has 1 rings (SSSR count). The van der Waals surface area contributed by atoms with Crippen LogP contribution in [0.4, 0.5) is 0 Å². The number of piperidine rings is 1. The lowest BCUT2D eigenvalue weighted by Crippen LogP contribution is -2.37. The molecule has 1 heterocycles. The van der Waals surface area contributed by atoms with Gasteiger partial charge in [0.25, 0.3) is 0 Å². The molecule has 18 heavy (non-hydrogen) atoms. The van der Waals surface area contributed by atoms with E-state index in [0.717, 1.165) is 19.0 Å². The van der Waals surface area contributed by atoms with Crippen molar-refractivity contribution in [1.29, 1.82) is 0 Å². The van der Waals surface area contributed by atoms with Gasteiger partial charge in [0, 0.05) is 12.6 Å². The lowest BCUT2D eigenvalue weighted by molar-refractivity contribution is -0.137.